The number of hydrogen-bond donors (Lipinski definition) is 1. The van der Waals surface area contributed by atoms with Crippen molar-refractivity contribution in [3.8, 4) is 0 Å². The number of rotatable bonds is 8. The number of aryl methyl sites for hydroxylation is 1. The van der Waals surface area contributed by atoms with Crippen molar-refractivity contribution in [3.05, 3.63) is 35.1 Å². The van der Waals surface area contributed by atoms with E-state index >= 15 is 0 Å². The van der Waals surface area contributed by atoms with Crippen molar-refractivity contribution in [1.29, 1.82) is 0 Å². The lowest BCUT2D eigenvalue weighted by Gasteiger charge is -2.43. The van der Waals surface area contributed by atoms with Crippen LogP contribution in [0, 0.1) is 12.7 Å². The van der Waals surface area contributed by atoms with E-state index in [1.807, 2.05) is 20.1 Å². The van der Waals surface area contributed by atoms with Crippen molar-refractivity contribution in [2.45, 2.75) is 64.0 Å². The third-order valence-electron chi connectivity index (χ3n) is 4.77. The number of methoxy groups -OCH3 is 1. The molecule has 3 heteroatoms. The monoisotopic (exact) mass is 293 g/mol. The van der Waals surface area contributed by atoms with E-state index in [-0.39, 0.29) is 11.4 Å². The lowest BCUT2D eigenvalue weighted by atomic mass is 9.74. The van der Waals surface area contributed by atoms with Gasteiger partial charge < -0.3 is 10.1 Å². The van der Waals surface area contributed by atoms with Gasteiger partial charge in [0.05, 0.1) is 5.60 Å². The Morgan fingerprint density at radius 3 is 2.67 bits per heavy atom. The van der Waals surface area contributed by atoms with Crippen molar-refractivity contribution < 1.29 is 9.13 Å². The molecule has 0 aromatic heterocycles. The Balaban J connectivity index is 2.04. The molecule has 0 bridgehead atoms. The fourth-order valence-electron chi connectivity index (χ4n) is 3.23. The van der Waals surface area contributed by atoms with Crippen LogP contribution in [0.3, 0.4) is 0 Å². The van der Waals surface area contributed by atoms with Gasteiger partial charge in [0, 0.05) is 13.2 Å². The molecule has 1 unspecified atom stereocenters. The van der Waals surface area contributed by atoms with E-state index in [2.05, 4.69) is 12.2 Å². The molecule has 118 valence electrons. The average molecular weight is 293 g/mol. The predicted octanol–water partition coefficient (Wildman–Crippen LogP) is 4.00. The van der Waals surface area contributed by atoms with Crippen LogP contribution in [0.1, 0.15) is 50.2 Å². The molecule has 0 radical (unpaired) electrons. The van der Waals surface area contributed by atoms with Gasteiger partial charge in [-0.15, -0.1) is 0 Å². The van der Waals surface area contributed by atoms with E-state index in [1.54, 1.807) is 12.1 Å². The summed E-state index contributed by atoms with van der Waals surface area (Å²) in [6, 6.07) is 5.51. The summed E-state index contributed by atoms with van der Waals surface area (Å²) in [6.45, 7) is 5.19. The lowest BCUT2D eigenvalue weighted by molar-refractivity contribution is -0.0834. The molecule has 2 rings (SSSR count). The van der Waals surface area contributed by atoms with Crippen molar-refractivity contribution in [2.75, 3.05) is 13.7 Å². The smallest absolute Gasteiger partial charge is 0.123 e. The summed E-state index contributed by atoms with van der Waals surface area (Å²) in [5.41, 5.74) is 2.34. The number of benzene rings is 1. The van der Waals surface area contributed by atoms with Crippen LogP contribution in [0.25, 0.3) is 0 Å². The topological polar surface area (TPSA) is 21.3 Å². The first-order chi connectivity index (χ1) is 10.1. The van der Waals surface area contributed by atoms with Gasteiger partial charge in [0.1, 0.15) is 5.82 Å². The molecule has 2 nitrogen and oxygen atoms in total. The van der Waals surface area contributed by atoms with Crippen molar-refractivity contribution in [3.63, 3.8) is 0 Å². The Labute approximate surface area is 128 Å². The van der Waals surface area contributed by atoms with Crippen molar-refractivity contribution >= 4 is 0 Å². The van der Waals surface area contributed by atoms with Crippen LogP contribution >= 0.6 is 0 Å². The highest BCUT2D eigenvalue weighted by atomic mass is 19.1. The minimum atomic E-state index is -0.151. The zero-order chi connectivity index (χ0) is 15.3. The Morgan fingerprint density at radius 1 is 1.38 bits per heavy atom. The van der Waals surface area contributed by atoms with Gasteiger partial charge in [-0.1, -0.05) is 13.0 Å². The van der Waals surface area contributed by atoms with Crippen LogP contribution in [0.2, 0.25) is 0 Å². The molecular weight excluding hydrogens is 265 g/mol. The summed E-state index contributed by atoms with van der Waals surface area (Å²) >= 11 is 0. The van der Waals surface area contributed by atoms with Gasteiger partial charge in [0.25, 0.3) is 0 Å². The van der Waals surface area contributed by atoms with E-state index in [1.165, 1.54) is 12.0 Å². The van der Waals surface area contributed by atoms with Gasteiger partial charge in [0.15, 0.2) is 0 Å². The highest BCUT2D eigenvalue weighted by Crippen LogP contribution is 2.39. The molecule has 1 aromatic carbocycles. The molecule has 1 atom stereocenters. The van der Waals surface area contributed by atoms with Crippen LogP contribution in [0.4, 0.5) is 4.39 Å². The van der Waals surface area contributed by atoms with E-state index < -0.39 is 0 Å². The molecule has 0 spiro atoms. The number of hydrogen-bond acceptors (Lipinski definition) is 2. The van der Waals surface area contributed by atoms with E-state index in [0.29, 0.717) is 6.04 Å². The molecular formula is C18H28FNO. The SMILES string of the molecule is CCCNC(Cc1ccc(F)cc1C)CC1(OC)CCC1. The van der Waals surface area contributed by atoms with Crippen LogP contribution in [0.15, 0.2) is 18.2 Å². The first-order valence-electron chi connectivity index (χ1n) is 8.12. The Bertz CT molecular complexity index is 451. The highest BCUT2D eigenvalue weighted by molar-refractivity contribution is 5.27. The van der Waals surface area contributed by atoms with Gasteiger partial charge in [-0.05, 0) is 75.3 Å². The van der Waals surface area contributed by atoms with Crippen LogP contribution in [-0.4, -0.2) is 25.3 Å². The minimum absolute atomic E-state index is 0.0688. The Morgan fingerprint density at radius 2 is 2.14 bits per heavy atom. The zero-order valence-corrected chi connectivity index (χ0v) is 13.5. The van der Waals surface area contributed by atoms with Gasteiger partial charge in [-0.2, -0.15) is 0 Å². The number of ether oxygens (including phenoxy) is 1. The summed E-state index contributed by atoms with van der Waals surface area (Å²) < 4.78 is 19.0. The highest BCUT2D eigenvalue weighted by Gasteiger charge is 2.38. The molecule has 0 aliphatic heterocycles. The first-order valence-corrected chi connectivity index (χ1v) is 8.12. The second kappa shape index (κ2) is 7.37. The maximum absolute atomic E-state index is 13.2. The summed E-state index contributed by atoms with van der Waals surface area (Å²) in [6.07, 6.45) is 6.70. The zero-order valence-electron chi connectivity index (χ0n) is 13.5. The van der Waals surface area contributed by atoms with Crippen molar-refractivity contribution in [1.82, 2.24) is 5.32 Å². The summed E-state index contributed by atoms with van der Waals surface area (Å²) in [5, 5.41) is 3.64. The Kier molecular flexibility index (Phi) is 5.77. The van der Waals surface area contributed by atoms with E-state index in [4.69, 9.17) is 4.74 Å². The second-order valence-corrected chi connectivity index (χ2v) is 6.37. The average Bonchev–Trinajstić information content (AvgIpc) is 2.42. The third-order valence-corrected chi connectivity index (χ3v) is 4.77. The summed E-state index contributed by atoms with van der Waals surface area (Å²) in [7, 11) is 1.83. The van der Waals surface area contributed by atoms with Crippen molar-refractivity contribution in [2.24, 2.45) is 0 Å². The predicted molar refractivity (Wildman–Crippen MR) is 85.1 cm³/mol. The molecule has 0 heterocycles. The third kappa shape index (κ3) is 4.27. The molecule has 21 heavy (non-hydrogen) atoms. The van der Waals surface area contributed by atoms with Crippen LogP contribution < -0.4 is 5.32 Å². The first kappa shape index (κ1) is 16.4. The molecule has 1 aromatic rings. The van der Waals surface area contributed by atoms with Gasteiger partial charge in [-0.3, -0.25) is 0 Å². The van der Waals surface area contributed by atoms with Crippen LogP contribution in [-0.2, 0) is 11.2 Å². The minimum Gasteiger partial charge on any atom is -0.378 e. The van der Waals surface area contributed by atoms with Gasteiger partial charge in [-0.25, -0.2) is 4.39 Å². The summed E-state index contributed by atoms with van der Waals surface area (Å²) in [5.74, 6) is -0.151. The molecule has 1 aliphatic rings. The maximum atomic E-state index is 13.2. The number of halogens is 1. The molecule has 1 N–H and O–H groups in total. The van der Waals surface area contributed by atoms with Gasteiger partial charge >= 0.3 is 0 Å². The maximum Gasteiger partial charge on any atom is 0.123 e. The van der Waals surface area contributed by atoms with Crippen LogP contribution in [0.5, 0.6) is 0 Å². The number of nitrogens with one attached hydrogen (secondary N) is 1. The van der Waals surface area contributed by atoms with Gasteiger partial charge in [0.2, 0.25) is 0 Å². The standard InChI is InChI=1S/C18H28FNO/c1-4-10-20-17(13-18(21-3)8-5-9-18)12-15-6-7-16(19)11-14(15)2/h6-7,11,17,20H,4-5,8-10,12-13H2,1-3H3. The normalized spacial score (nSPS) is 18.3. The molecule has 1 aliphatic carbocycles. The molecule has 1 saturated carbocycles. The largest absolute Gasteiger partial charge is 0.378 e. The fourth-order valence-corrected chi connectivity index (χ4v) is 3.23. The summed E-state index contributed by atoms with van der Waals surface area (Å²) in [4.78, 5) is 0. The quantitative estimate of drug-likeness (QED) is 0.782. The fraction of sp³-hybridized carbons (Fsp3) is 0.667. The van der Waals surface area contributed by atoms with E-state index in [0.717, 1.165) is 44.2 Å². The molecule has 1 fully saturated rings. The molecule has 0 amide bonds. The molecule has 0 saturated heterocycles. The second-order valence-electron chi connectivity index (χ2n) is 6.37. The lowest BCUT2D eigenvalue weighted by Crippen LogP contribution is -2.46. The Hall–Kier alpha value is -0.930. The van der Waals surface area contributed by atoms with E-state index in [9.17, 15) is 4.39 Å².